The summed E-state index contributed by atoms with van der Waals surface area (Å²) in [6.45, 7) is 2.86. The fourth-order valence-corrected chi connectivity index (χ4v) is 6.18. The van der Waals surface area contributed by atoms with E-state index in [0.717, 1.165) is 36.8 Å². The molecule has 2 aromatic rings. The van der Waals surface area contributed by atoms with Crippen molar-refractivity contribution in [3.63, 3.8) is 0 Å². The van der Waals surface area contributed by atoms with Crippen molar-refractivity contribution in [2.75, 3.05) is 20.3 Å². The molecule has 1 heterocycles. The van der Waals surface area contributed by atoms with Gasteiger partial charge in [0, 0.05) is 22.9 Å². The average molecular weight is 515 g/mol. The van der Waals surface area contributed by atoms with E-state index in [-0.39, 0.29) is 24.4 Å². The molecule has 186 valence electrons. The van der Waals surface area contributed by atoms with Crippen LogP contribution in [0.25, 0.3) is 6.08 Å². The minimum absolute atomic E-state index is 0.0483. The molecule has 2 fully saturated rings. The number of halogens is 1. The van der Waals surface area contributed by atoms with E-state index in [2.05, 4.69) is 5.32 Å². The molecule has 2 unspecified atom stereocenters. The molecule has 0 aromatic heterocycles. The summed E-state index contributed by atoms with van der Waals surface area (Å²) in [5.41, 5.74) is 1.83. The minimum atomic E-state index is -0.173. The first-order chi connectivity index (χ1) is 17.0. The third kappa shape index (κ3) is 6.33. The van der Waals surface area contributed by atoms with Crippen molar-refractivity contribution in [2.24, 2.45) is 0 Å². The molecule has 0 radical (unpaired) electrons. The largest absolute Gasteiger partial charge is 0.493 e. The number of hydrogen-bond acceptors (Lipinski definition) is 5. The molecule has 1 saturated heterocycles. The number of nitrogens with zero attached hydrogens (tertiary/aromatic N) is 1. The molecule has 0 spiro atoms. The molecule has 2 atom stereocenters. The molecular weight excluding hydrogens is 484 g/mol. The van der Waals surface area contributed by atoms with Gasteiger partial charge in [0.15, 0.2) is 11.5 Å². The van der Waals surface area contributed by atoms with Gasteiger partial charge in [0.1, 0.15) is 6.54 Å². The lowest BCUT2D eigenvalue weighted by Crippen LogP contribution is -2.54. The van der Waals surface area contributed by atoms with E-state index in [9.17, 15) is 9.59 Å². The predicted octanol–water partition coefficient (Wildman–Crippen LogP) is 5.29. The number of methoxy groups -OCH3 is 1. The van der Waals surface area contributed by atoms with Crippen LogP contribution in [-0.2, 0) is 16.1 Å². The molecular formula is C27H31ClN2O4S. The zero-order valence-electron chi connectivity index (χ0n) is 20.1. The maximum absolute atomic E-state index is 13.4. The van der Waals surface area contributed by atoms with Crippen LogP contribution in [0.5, 0.6) is 11.5 Å². The number of benzene rings is 2. The Bertz CT molecular complexity index is 1090. The Labute approximate surface area is 216 Å². The van der Waals surface area contributed by atoms with Gasteiger partial charge in [-0.05, 0) is 61.2 Å². The Balaban J connectivity index is 1.45. The summed E-state index contributed by atoms with van der Waals surface area (Å²) in [5, 5.41) is 3.93. The van der Waals surface area contributed by atoms with Gasteiger partial charge in [-0.25, -0.2) is 0 Å². The Morgan fingerprint density at radius 2 is 1.94 bits per heavy atom. The zero-order chi connectivity index (χ0) is 24.8. The van der Waals surface area contributed by atoms with Crippen LogP contribution in [0.4, 0.5) is 0 Å². The van der Waals surface area contributed by atoms with Crippen LogP contribution < -0.4 is 14.8 Å². The first kappa shape index (κ1) is 25.5. The number of amides is 2. The SMILES string of the molecule is CCOc1ccc(CNC(=O)CN2C(=O)/C(=C/c3ccc(Cl)cc3)SC3CCCCC32)cc1OC. The zero-order valence-corrected chi connectivity index (χ0v) is 21.7. The van der Waals surface area contributed by atoms with Crippen molar-refractivity contribution >= 4 is 41.3 Å². The monoisotopic (exact) mass is 514 g/mol. The van der Waals surface area contributed by atoms with Gasteiger partial charge in [0.05, 0.1) is 18.6 Å². The molecule has 35 heavy (non-hydrogen) atoms. The fourth-order valence-electron chi connectivity index (χ4n) is 4.58. The first-order valence-corrected chi connectivity index (χ1v) is 13.3. The number of nitrogens with one attached hydrogen (secondary N) is 1. The Morgan fingerprint density at radius 1 is 1.17 bits per heavy atom. The molecule has 2 amide bonds. The van der Waals surface area contributed by atoms with Gasteiger partial charge >= 0.3 is 0 Å². The number of thioether (sulfide) groups is 1. The second-order valence-corrected chi connectivity index (χ2v) is 10.4. The van der Waals surface area contributed by atoms with Gasteiger partial charge in [-0.3, -0.25) is 9.59 Å². The van der Waals surface area contributed by atoms with E-state index in [4.69, 9.17) is 21.1 Å². The van der Waals surface area contributed by atoms with E-state index in [0.29, 0.717) is 39.8 Å². The highest BCUT2D eigenvalue weighted by molar-refractivity contribution is 8.04. The summed E-state index contributed by atoms with van der Waals surface area (Å²) in [5.74, 6) is 1.05. The van der Waals surface area contributed by atoms with Gasteiger partial charge in [-0.1, -0.05) is 42.6 Å². The van der Waals surface area contributed by atoms with Crippen LogP contribution in [0.1, 0.15) is 43.7 Å². The lowest BCUT2D eigenvalue weighted by atomic mass is 9.93. The van der Waals surface area contributed by atoms with Gasteiger partial charge in [-0.15, -0.1) is 11.8 Å². The molecule has 8 heteroatoms. The summed E-state index contributed by atoms with van der Waals surface area (Å²) < 4.78 is 11.0. The van der Waals surface area contributed by atoms with Crippen molar-refractivity contribution in [2.45, 2.75) is 50.4 Å². The minimum Gasteiger partial charge on any atom is -0.493 e. The highest BCUT2D eigenvalue weighted by Gasteiger charge is 2.41. The normalized spacial score (nSPS) is 20.9. The molecule has 1 aliphatic carbocycles. The summed E-state index contributed by atoms with van der Waals surface area (Å²) >= 11 is 7.66. The smallest absolute Gasteiger partial charge is 0.261 e. The van der Waals surface area contributed by atoms with Crippen LogP contribution in [0.2, 0.25) is 5.02 Å². The number of fused-ring (bicyclic) bond motifs is 1. The van der Waals surface area contributed by atoms with Crippen LogP contribution in [0.3, 0.4) is 0 Å². The molecule has 1 aliphatic heterocycles. The molecule has 1 saturated carbocycles. The quantitative estimate of drug-likeness (QED) is 0.485. The van der Waals surface area contributed by atoms with Gasteiger partial charge < -0.3 is 19.7 Å². The molecule has 2 aromatic carbocycles. The average Bonchev–Trinajstić information content (AvgIpc) is 2.87. The van der Waals surface area contributed by atoms with Crippen molar-refractivity contribution in [3.05, 3.63) is 63.5 Å². The van der Waals surface area contributed by atoms with E-state index >= 15 is 0 Å². The topological polar surface area (TPSA) is 67.9 Å². The van der Waals surface area contributed by atoms with Gasteiger partial charge in [-0.2, -0.15) is 0 Å². The Morgan fingerprint density at radius 3 is 2.69 bits per heavy atom. The van der Waals surface area contributed by atoms with Gasteiger partial charge in [0.2, 0.25) is 5.91 Å². The molecule has 1 N–H and O–H groups in total. The maximum atomic E-state index is 13.4. The van der Waals surface area contributed by atoms with Crippen LogP contribution >= 0.6 is 23.4 Å². The first-order valence-electron chi connectivity index (χ1n) is 12.0. The third-order valence-electron chi connectivity index (χ3n) is 6.32. The number of hydrogen-bond donors (Lipinski definition) is 1. The van der Waals surface area contributed by atoms with Gasteiger partial charge in [0.25, 0.3) is 5.91 Å². The Kier molecular flexibility index (Phi) is 8.63. The molecule has 0 bridgehead atoms. The summed E-state index contributed by atoms with van der Waals surface area (Å²) in [6, 6.07) is 13.1. The van der Waals surface area contributed by atoms with E-state index in [1.54, 1.807) is 23.8 Å². The fraction of sp³-hybridized carbons (Fsp3) is 0.407. The lowest BCUT2D eigenvalue weighted by Gasteiger charge is -2.43. The summed E-state index contributed by atoms with van der Waals surface area (Å²) in [6.07, 6.45) is 6.11. The predicted molar refractivity (Wildman–Crippen MR) is 141 cm³/mol. The van der Waals surface area contributed by atoms with Crippen molar-refractivity contribution in [1.29, 1.82) is 0 Å². The van der Waals surface area contributed by atoms with Crippen LogP contribution in [0, 0.1) is 0 Å². The maximum Gasteiger partial charge on any atom is 0.261 e. The van der Waals surface area contributed by atoms with Crippen molar-refractivity contribution in [1.82, 2.24) is 10.2 Å². The highest BCUT2D eigenvalue weighted by atomic mass is 35.5. The molecule has 2 aliphatic rings. The van der Waals surface area contributed by atoms with E-state index < -0.39 is 0 Å². The van der Waals surface area contributed by atoms with E-state index in [1.165, 1.54) is 0 Å². The lowest BCUT2D eigenvalue weighted by molar-refractivity contribution is -0.135. The standard InChI is InChI=1S/C27H31ClN2O4S/c1-3-34-22-13-10-19(14-23(22)33-2)16-29-26(31)17-30-21-6-4-5-7-24(21)35-25(27(30)32)15-18-8-11-20(28)12-9-18/h8-15,21,24H,3-7,16-17H2,1-2H3,(H,29,31)/b25-15-. The summed E-state index contributed by atoms with van der Waals surface area (Å²) in [4.78, 5) is 28.8. The molecule has 6 nitrogen and oxygen atoms in total. The second kappa shape index (κ2) is 11.9. The highest BCUT2D eigenvalue weighted by Crippen LogP contribution is 2.42. The summed E-state index contributed by atoms with van der Waals surface area (Å²) in [7, 11) is 1.59. The van der Waals surface area contributed by atoms with Crippen molar-refractivity contribution in [3.8, 4) is 11.5 Å². The van der Waals surface area contributed by atoms with Crippen LogP contribution in [-0.4, -0.2) is 48.3 Å². The van der Waals surface area contributed by atoms with E-state index in [1.807, 2.05) is 55.5 Å². The van der Waals surface area contributed by atoms with Crippen molar-refractivity contribution < 1.29 is 19.1 Å². The van der Waals surface area contributed by atoms with Crippen LogP contribution in [0.15, 0.2) is 47.4 Å². The second-order valence-electron chi connectivity index (χ2n) is 8.70. The third-order valence-corrected chi connectivity index (χ3v) is 7.97. The number of carbonyl (C=O) groups excluding carboxylic acids is 2. The number of rotatable bonds is 8. The number of ether oxygens (including phenoxy) is 2. The number of carbonyl (C=O) groups is 2. The Hall–Kier alpha value is -2.64. The molecule has 4 rings (SSSR count).